The van der Waals surface area contributed by atoms with Crippen molar-refractivity contribution in [3.05, 3.63) is 41.3 Å². The zero-order valence-corrected chi connectivity index (χ0v) is 11.1. The van der Waals surface area contributed by atoms with Gasteiger partial charge < -0.3 is 5.11 Å². The van der Waals surface area contributed by atoms with E-state index in [1.54, 1.807) is 6.20 Å². The summed E-state index contributed by atoms with van der Waals surface area (Å²) < 4.78 is 0. The maximum atomic E-state index is 11.1. The predicted molar refractivity (Wildman–Crippen MR) is 71.0 cm³/mol. The third-order valence-corrected chi connectivity index (χ3v) is 2.74. The Morgan fingerprint density at radius 1 is 1.32 bits per heavy atom. The number of carbonyl (C=O) groups is 1. The van der Waals surface area contributed by atoms with E-state index >= 15 is 0 Å². The maximum absolute atomic E-state index is 11.1. The van der Waals surface area contributed by atoms with Gasteiger partial charge in [0.1, 0.15) is 5.69 Å². The van der Waals surface area contributed by atoms with E-state index in [-0.39, 0.29) is 11.5 Å². The van der Waals surface area contributed by atoms with Gasteiger partial charge in [-0.05, 0) is 30.5 Å². The number of rotatable bonds is 3. The first kappa shape index (κ1) is 13.1. The fraction of sp³-hybridized carbons (Fsp3) is 0.286. The summed E-state index contributed by atoms with van der Waals surface area (Å²) >= 11 is 0. The highest BCUT2D eigenvalue weighted by Crippen LogP contribution is 2.20. The van der Waals surface area contributed by atoms with Crippen LogP contribution in [0.25, 0.3) is 11.5 Å². The maximum Gasteiger partial charge on any atom is 0.339 e. The molecule has 0 spiro atoms. The number of hydrogen-bond donors (Lipinski definition) is 1. The fourth-order valence-corrected chi connectivity index (χ4v) is 1.78. The van der Waals surface area contributed by atoms with Gasteiger partial charge in [0, 0.05) is 12.4 Å². The van der Waals surface area contributed by atoms with Crippen LogP contribution in [0.15, 0.2) is 24.5 Å². The molecule has 0 fully saturated rings. The fourth-order valence-electron chi connectivity index (χ4n) is 1.78. The molecule has 0 saturated carbocycles. The topological polar surface area (TPSA) is 76.0 Å². The van der Waals surface area contributed by atoms with Crippen molar-refractivity contribution < 1.29 is 9.90 Å². The van der Waals surface area contributed by atoms with Crippen LogP contribution in [0.2, 0.25) is 0 Å². The number of aromatic nitrogens is 3. The van der Waals surface area contributed by atoms with E-state index in [0.29, 0.717) is 17.2 Å². The molecule has 0 aromatic carbocycles. The Morgan fingerprint density at radius 3 is 2.63 bits per heavy atom. The van der Waals surface area contributed by atoms with Crippen LogP contribution in [0.1, 0.15) is 41.4 Å². The molecule has 5 heteroatoms. The third-order valence-electron chi connectivity index (χ3n) is 2.74. The molecule has 0 amide bonds. The van der Waals surface area contributed by atoms with Crippen molar-refractivity contribution in [2.75, 3.05) is 0 Å². The van der Waals surface area contributed by atoms with E-state index in [1.165, 1.54) is 6.20 Å². The summed E-state index contributed by atoms with van der Waals surface area (Å²) in [5.41, 5.74) is 2.38. The van der Waals surface area contributed by atoms with E-state index in [1.807, 2.05) is 32.9 Å². The van der Waals surface area contributed by atoms with E-state index in [0.717, 1.165) is 5.56 Å². The van der Waals surface area contributed by atoms with Gasteiger partial charge in [0.15, 0.2) is 5.82 Å². The highest BCUT2D eigenvalue weighted by molar-refractivity contribution is 5.88. The highest BCUT2D eigenvalue weighted by atomic mass is 16.4. The first-order valence-electron chi connectivity index (χ1n) is 6.02. The monoisotopic (exact) mass is 257 g/mol. The van der Waals surface area contributed by atoms with Gasteiger partial charge in [-0.25, -0.2) is 14.8 Å². The Morgan fingerprint density at radius 2 is 2.05 bits per heavy atom. The standard InChI is InChI=1S/C14H15N3O2/c1-8(2)12-10(14(18)19)7-16-13(17-12)11-6-9(3)4-5-15-11/h4-8H,1-3H3,(H,18,19). The number of aryl methyl sites for hydroxylation is 1. The first-order valence-corrected chi connectivity index (χ1v) is 6.02. The summed E-state index contributed by atoms with van der Waals surface area (Å²) in [4.78, 5) is 23.8. The van der Waals surface area contributed by atoms with Crippen molar-refractivity contribution in [1.29, 1.82) is 0 Å². The molecule has 1 N–H and O–H groups in total. The molecule has 0 aliphatic carbocycles. The summed E-state index contributed by atoms with van der Waals surface area (Å²) in [6.45, 7) is 5.77. The van der Waals surface area contributed by atoms with Crippen LogP contribution in [0.4, 0.5) is 0 Å². The van der Waals surface area contributed by atoms with Gasteiger partial charge in [-0.1, -0.05) is 13.8 Å². The number of aromatic carboxylic acids is 1. The summed E-state index contributed by atoms with van der Waals surface area (Å²) in [6, 6.07) is 3.76. The Kier molecular flexibility index (Phi) is 3.55. The minimum atomic E-state index is -1.01. The smallest absolute Gasteiger partial charge is 0.339 e. The van der Waals surface area contributed by atoms with Gasteiger partial charge >= 0.3 is 5.97 Å². The minimum absolute atomic E-state index is 0.0117. The lowest BCUT2D eigenvalue weighted by Gasteiger charge is -2.10. The van der Waals surface area contributed by atoms with Gasteiger partial charge in [-0.2, -0.15) is 0 Å². The average molecular weight is 257 g/mol. The average Bonchev–Trinajstić information content (AvgIpc) is 2.37. The molecule has 0 bridgehead atoms. The van der Waals surface area contributed by atoms with Crippen LogP contribution in [0.5, 0.6) is 0 Å². The largest absolute Gasteiger partial charge is 0.478 e. The molecule has 98 valence electrons. The molecule has 5 nitrogen and oxygen atoms in total. The highest BCUT2D eigenvalue weighted by Gasteiger charge is 2.17. The Bertz CT molecular complexity index is 624. The minimum Gasteiger partial charge on any atom is -0.478 e. The van der Waals surface area contributed by atoms with Gasteiger partial charge in [0.25, 0.3) is 0 Å². The van der Waals surface area contributed by atoms with E-state index < -0.39 is 5.97 Å². The Hall–Kier alpha value is -2.30. The quantitative estimate of drug-likeness (QED) is 0.914. The normalized spacial score (nSPS) is 10.7. The lowest BCUT2D eigenvalue weighted by Crippen LogP contribution is -2.09. The zero-order chi connectivity index (χ0) is 14.0. The molecular weight excluding hydrogens is 242 g/mol. The second-order valence-corrected chi connectivity index (χ2v) is 4.67. The molecule has 2 heterocycles. The van der Waals surface area contributed by atoms with Gasteiger partial charge in [-0.3, -0.25) is 4.98 Å². The van der Waals surface area contributed by atoms with Crippen LogP contribution in [0.3, 0.4) is 0 Å². The van der Waals surface area contributed by atoms with Crippen LogP contribution in [0, 0.1) is 6.92 Å². The molecule has 0 aliphatic heterocycles. The van der Waals surface area contributed by atoms with Crippen LogP contribution in [-0.4, -0.2) is 26.0 Å². The van der Waals surface area contributed by atoms with Gasteiger partial charge in [-0.15, -0.1) is 0 Å². The first-order chi connectivity index (χ1) is 8.99. The molecular formula is C14H15N3O2. The SMILES string of the molecule is Cc1ccnc(-c2ncc(C(=O)O)c(C(C)C)n2)c1. The van der Waals surface area contributed by atoms with Crippen molar-refractivity contribution in [2.45, 2.75) is 26.7 Å². The van der Waals surface area contributed by atoms with Gasteiger partial charge in [0.05, 0.1) is 11.3 Å². The molecule has 2 aromatic rings. The van der Waals surface area contributed by atoms with E-state index in [2.05, 4.69) is 15.0 Å². The van der Waals surface area contributed by atoms with Gasteiger partial charge in [0.2, 0.25) is 0 Å². The summed E-state index contributed by atoms with van der Waals surface area (Å²) in [7, 11) is 0. The predicted octanol–water partition coefficient (Wildman–Crippen LogP) is 2.67. The Balaban J connectivity index is 2.55. The lowest BCUT2D eigenvalue weighted by molar-refractivity contribution is 0.0694. The number of nitrogens with zero attached hydrogens (tertiary/aromatic N) is 3. The van der Waals surface area contributed by atoms with E-state index in [9.17, 15) is 4.79 Å². The summed E-state index contributed by atoms with van der Waals surface area (Å²) in [6.07, 6.45) is 3.04. The molecule has 2 aromatic heterocycles. The molecule has 19 heavy (non-hydrogen) atoms. The third kappa shape index (κ3) is 2.76. The van der Waals surface area contributed by atoms with E-state index in [4.69, 9.17) is 5.11 Å². The van der Waals surface area contributed by atoms with Crippen LogP contribution >= 0.6 is 0 Å². The molecule has 0 saturated heterocycles. The van der Waals surface area contributed by atoms with Crippen molar-refractivity contribution in [3.8, 4) is 11.5 Å². The second-order valence-electron chi connectivity index (χ2n) is 4.67. The van der Waals surface area contributed by atoms with Crippen molar-refractivity contribution in [1.82, 2.24) is 15.0 Å². The molecule has 0 radical (unpaired) electrons. The number of hydrogen-bond acceptors (Lipinski definition) is 4. The second kappa shape index (κ2) is 5.14. The molecule has 0 aliphatic rings. The Labute approximate surface area is 111 Å². The zero-order valence-electron chi connectivity index (χ0n) is 11.1. The lowest BCUT2D eigenvalue weighted by atomic mass is 10.1. The van der Waals surface area contributed by atoms with Crippen LogP contribution < -0.4 is 0 Å². The van der Waals surface area contributed by atoms with Crippen molar-refractivity contribution in [2.24, 2.45) is 0 Å². The van der Waals surface area contributed by atoms with Crippen LogP contribution in [-0.2, 0) is 0 Å². The number of carboxylic acids is 1. The molecule has 0 unspecified atom stereocenters. The summed E-state index contributed by atoms with van der Waals surface area (Å²) in [5, 5.41) is 9.12. The summed E-state index contributed by atoms with van der Waals surface area (Å²) in [5.74, 6) is -0.539. The van der Waals surface area contributed by atoms with Crippen molar-refractivity contribution in [3.63, 3.8) is 0 Å². The van der Waals surface area contributed by atoms with Crippen molar-refractivity contribution >= 4 is 5.97 Å². The number of pyridine rings is 1. The number of carboxylic acid groups (broad SMARTS) is 1. The molecule has 0 atom stereocenters. The molecule has 2 rings (SSSR count).